The molecule has 0 saturated carbocycles. The standard InChI is InChI=1S/C11H15Br2NO2.ClH/c1-5(2)10(15)9(14)7-3-6(12)4-8(13)11(7)16;/h3-5,9-10,15-16H,14H2,1-2H3;1H/t9-,10+;/m0./s1. The summed E-state index contributed by atoms with van der Waals surface area (Å²) in [6.07, 6.45) is -0.688. The molecule has 1 aromatic carbocycles. The summed E-state index contributed by atoms with van der Waals surface area (Å²) in [5.41, 5.74) is 6.46. The first-order valence-electron chi connectivity index (χ1n) is 4.96. The second-order valence-corrected chi connectivity index (χ2v) is 5.86. The van der Waals surface area contributed by atoms with Crippen molar-refractivity contribution in [3.63, 3.8) is 0 Å². The van der Waals surface area contributed by atoms with Crippen LogP contribution < -0.4 is 5.73 Å². The van der Waals surface area contributed by atoms with Gasteiger partial charge in [0.25, 0.3) is 0 Å². The maximum Gasteiger partial charge on any atom is 0.134 e. The fourth-order valence-corrected chi connectivity index (χ4v) is 2.70. The van der Waals surface area contributed by atoms with Crippen molar-refractivity contribution in [2.75, 3.05) is 0 Å². The fourth-order valence-electron chi connectivity index (χ4n) is 1.44. The van der Waals surface area contributed by atoms with E-state index < -0.39 is 12.1 Å². The van der Waals surface area contributed by atoms with Crippen LogP contribution in [0.1, 0.15) is 25.5 Å². The molecular weight excluding hydrogens is 373 g/mol. The third-order valence-corrected chi connectivity index (χ3v) is 3.53. The van der Waals surface area contributed by atoms with Crippen LogP contribution in [-0.2, 0) is 0 Å². The fraction of sp³-hybridized carbons (Fsp3) is 0.455. The van der Waals surface area contributed by atoms with E-state index in [2.05, 4.69) is 31.9 Å². The van der Waals surface area contributed by atoms with Crippen LogP contribution in [-0.4, -0.2) is 16.3 Å². The van der Waals surface area contributed by atoms with Crippen molar-refractivity contribution >= 4 is 44.3 Å². The Balaban J connectivity index is 0.00000256. The number of phenolic OH excluding ortho intramolecular Hbond substituents is 1. The zero-order valence-electron chi connectivity index (χ0n) is 9.52. The molecule has 0 bridgehead atoms. The molecule has 0 aliphatic heterocycles. The lowest BCUT2D eigenvalue weighted by molar-refractivity contribution is 0.0969. The summed E-state index contributed by atoms with van der Waals surface area (Å²) in [6.45, 7) is 3.77. The average Bonchev–Trinajstić information content (AvgIpc) is 2.21. The monoisotopic (exact) mass is 387 g/mol. The quantitative estimate of drug-likeness (QED) is 0.743. The Morgan fingerprint density at radius 2 is 1.76 bits per heavy atom. The van der Waals surface area contributed by atoms with Crippen molar-refractivity contribution in [1.29, 1.82) is 0 Å². The molecule has 0 fully saturated rings. The first-order valence-corrected chi connectivity index (χ1v) is 6.54. The molecule has 2 atom stereocenters. The van der Waals surface area contributed by atoms with Crippen molar-refractivity contribution in [3.05, 3.63) is 26.6 Å². The molecule has 3 nitrogen and oxygen atoms in total. The Kier molecular flexibility index (Phi) is 7.02. The van der Waals surface area contributed by atoms with E-state index in [-0.39, 0.29) is 24.1 Å². The summed E-state index contributed by atoms with van der Waals surface area (Å²) in [5, 5.41) is 19.8. The van der Waals surface area contributed by atoms with E-state index in [9.17, 15) is 10.2 Å². The number of aromatic hydroxyl groups is 1. The van der Waals surface area contributed by atoms with E-state index in [4.69, 9.17) is 5.73 Å². The second-order valence-electron chi connectivity index (χ2n) is 4.09. The number of phenols is 1. The van der Waals surface area contributed by atoms with Crippen LogP contribution in [0.15, 0.2) is 21.1 Å². The first kappa shape index (κ1) is 17.2. The summed E-state index contributed by atoms with van der Waals surface area (Å²) < 4.78 is 1.36. The van der Waals surface area contributed by atoms with E-state index in [1.54, 1.807) is 12.1 Å². The molecule has 0 aromatic heterocycles. The minimum Gasteiger partial charge on any atom is -0.506 e. The molecule has 0 heterocycles. The Morgan fingerprint density at radius 1 is 1.24 bits per heavy atom. The van der Waals surface area contributed by atoms with Crippen LogP contribution in [0.2, 0.25) is 0 Å². The lowest BCUT2D eigenvalue weighted by atomic mass is 9.94. The van der Waals surface area contributed by atoms with Gasteiger partial charge < -0.3 is 15.9 Å². The van der Waals surface area contributed by atoms with Gasteiger partial charge in [-0.15, -0.1) is 12.4 Å². The molecule has 0 spiro atoms. The maximum atomic E-state index is 9.89. The third kappa shape index (κ3) is 4.10. The Hall–Kier alpha value is 0.190. The molecule has 4 N–H and O–H groups in total. The van der Waals surface area contributed by atoms with Gasteiger partial charge in [-0.25, -0.2) is 0 Å². The molecule has 17 heavy (non-hydrogen) atoms. The van der Waals surface area contributed by atoms with Crippen molar-refractivity contribution < 1.29 is 10.2 Å². The van der Waals surface area contributed by atoms with Gasteiger partial charge in [-0.05, 0) is 34.0 Å². The molecular formula is C11H16Br2ClNO2. The highest BCUT2D eigenvalue weighted by atomic mass is 79.9. The van der Waals surface area contributed by atoms with Gasteiger partial charge in [-0.2, -0.15) is 0 Å². The molecule has 0 unspecified atom stereocenters. The normalized spacial score (nSPS) is 14.3. The summed E-state index contributed by atoms with van der Waals surface area (Å²) >= 11 is 6.56. The average molecular weight is 390 g/mol. The zero-order chi connectivity index (χ0) is 12.5. The van der Waals surface area contributed by atoms with Crippen molar-refractivity contribution in [3.8, 4) is 5.75 Å². The van der Waals surface area contributed by atoms with E-state index >= 15 is 0 Å². The van der Waals surface area contributed by atoms with E-state index in [1.807, 2.05) is 13.8 Å². The molecule has 0 aliphatic rings. The lowest BCUT2D eigenvalue weighted by Gasteiger charge is -2.23. The summed E-state index contributed by atoms with van der Waals surface area (Å²) in [6, 6.07) is 2.85. The number of benzene rings is 1. The predicted octanol–water partition coefficient (Wildman–Crippen LogP) is 3.36. The molecule has 0 aliphatic carbocycles. The number of nitrogens with two attached hydrogens (primary N) is 1. The van der Waals surface area contributed by atoms with Gasteiger partial charge in [0, 0.05) is 10.0 Å². The largest absolute Gasteiger partial charge is 0.506 e. The topological polar surface area (TPSA) is 66.5 Å². The Morgan fingerprint density at radius 3 is 2.24 bits per heavy atom. The Labute approximate surface area is 124 Å². The summed E-state index contributed by atoms with van der Waals surface area (Å²) in [5.74, 6) is 0.113. The van der Waals surface area contributed by atoms with Crippen LogP contribution >= 0.6 is 44.3 Å². The number of aliphatic hydroxyl groups excluding tert-OH is 1. The molecule has 6 heteroatoms. The highest BCUT2D eigenvalue weighted by molar-refractivity contribution is 9.11. The summed E-state index contributed by atoms with van der Waals surface area (Å²) in [7, 11) is 0. The number of hydrogen-bond acceptors (Lipinski definition) is 3. The van der Waals surface area contributed by atoms with Gasteiger partial charge >= 0.3 is 0 Å². The maximum absolute atomic E-state index is 9.89. The van der Waals surface area contributed by atoms with Crippen LogP contribution in [0, 0.1) is 5.92 Å². The van der Waals surface area contributed by atoms with Crippen molar-refractivity contribution in [2.24, 2.45) is 11.7 Å². The smallest absolute Gasteiger partial charge is 0.134 e. The third-order valence-electron chi connectivity index (χ3n) is 2.47. The van der Waals surface area contributed by atoms with Gasteiger partial charge in [0.15, 0.2) is 0 Å². The van der Waals surface area contributed by atoms with E-state index in [0.29, 0.717) is 10.0 Å². The van der Waals surface area contributed by atoms with Crippen LogP contribution in [0.5, 0.6) is 5.75 Å². The summed E-state index contributed by atoms with van der Waals surface area (Å²) in [4.78, 5) is 0. The van der Waals surface area contributed by atoms with Gasteiger partial charge in [0.1, 0.15) is 5.75 Å². The lowest BCUT2D eigenvalue weighted by Crippen LogP contribution is -2.30. The number of aliphatic hydroxyl groups is 1. The molecule has 1 rings (SSSR count). The highest BCUT2D eigenvalue weighted by Gasteiger charge is 2.23. The molecule has 98 valence electrons. The highest BCUT2D eigenvalue weighted by Crippen LogP contribution is 2.36. The minimum absolute atomic E-state index is 0. The minimum atomic E-state index is -0.688. The van der Waals surface area contributed by atoms with Gasteiger partial charge in [0.05, 0.1) is 16.6 Å². The predicted molar refractivity (Wildman–Crippen MR) is 78.5 cm³/mol. The molecule has 0 saturated heterocycles. The van der Waals surface area contributed by atoms with Gasteiger partial charge in [-0.3, -0.25) is 0 Å². The van der Waals surface area contributed by atoms with E-state index in [0.717, 1.165) is 4.47 Å². The number of halogens is 3. The van der Waals surface area contributed by atoms with E-state index in [1.165, 1.54) is 0 Å². The molecule has 0 radical (unpaired) electrons. The van der Waals surface area contributed by atoms with Crippen LogP contribution in [0.25, 0.3) is 0 Å². The van der Waals surface area contributed by atoms with Gasteiger partial charge in [0.2, 0.25) is 0 Å². The van der Waals surface area contributed by atoms with Crippen LogP contribution in [0.4, 0.5) is 0 Å². The van der Waals surface area contributed by atoms with Crippen molar-refractivity contribution in [2.45, 2.75) is 26.0 Å². The number of rotatable bonds is 3. The van der Waals surface area contributed by atoms with Crippen molar-refractivity contribution in [1.82, 2.24) is 0 Å². The Bertz CT molecular complexity index is 388. The number of hydrogen-bond donors (Lipinski definition) is 3. The second kappa shape index (κ2) is 6.95. The molecule has 0 amide bonds. The van der Waals surface area contributed by atoms with Gasteiger partial charge in [-0.1, -0.05) is 29.8 Å². The van der Waals surface area contributed by atoms with Crippen LogP contribution in [0.3, 0.4) is 0 Å². The molecule has 1 aromatic rings. The first-order chi connectivity index (χ1) is 7.34. The SMILES string of the molecule is CC(C)[C@@H](O)[C@@H](N)c1cc(Br)cc(Br)c1O.Cl. The zero-order valence-corrected chi connectivity index (χ0v) is 13.5.